The number of aryl methyl sites for hydroxylation is 1. The van der Waals surface area contributed by atoms with E-state index in [1.807, 2.05) is 30.3 Å². The van der Waals surface area contributed by atoms with E-state index in [1.54, 1.807) is 12.1 Å². The second kappa shape index (κ2) is 8.87. The summed E-state index contributed by atoms with van der Waals surface area (Å²) in [6, 6.07) is 13.1. The summed E-state index contributed by atoms with van der Waals surface area (Å²) in [4.78, 5) is 17.9. The van der Waals surface area contributed by atoms with E-state index in [0.29, 0.717) is 6.42 Å². The minimum atomic E-state index is -0.0887. The third-order valence-corrected chi connectivity index (χ3v) is 5.48. The molecular formula is C22H25IN2O2. The molecule has 142 valence electrons. The van der Waals surface area contributed by atoms with E-state index in [9.17, 15) is 9.90 Å². The Labute approximate surface area is 173 Å². The summed E-state index contributed by atoms with van der Waals surface area (Å²) in [6.07, 6.45) is 3.38. The molecule has 1 aromatic heterocycles. The first kappa shape index (κ1) is 19.9. The van der Waals surface area contributed by atoms with Crippen molar-refractivity contribution in [1.29, 1.82) is 0 Å². The van der Waals surface area contributed by atoms with Crippen LogP contribution in [0.15, 0.2) is 42.5 Å². The van der Waals surface area contributed by atoms with E-state index in [-0.39, 0.29) is 17.5 Å². The summed E-state index contributed by atoms with van der Waals surface area (Å²) in [7, 11) is 0. The highest BCUT2D eigenvalue weighted by Gasteiger charge is 2.23. The summed E-state index contributed by atoms with van der Waals surface area (Å²) >= 11 is 2.24. The first-order valence-electron chi connectivity index (χ1n) is 9.51. The van der Waals surface area contributed by atoms with Gasteiger partial charge < -0.3 is 9.67 Å². The number of aromatic nitrogens is 2. The quantitative estimate of drug-likeness (QED) is 0.340. The van der Waals surface area contributed by atoms with Gasteiger partial charge in [0.05, 0.1) is 11.0 Å². The Morgan fingerprint density at radius 1 is 1.19 bits per heavy atom. The van der Waals surface area contributed by atoms with Crippen LogP contribution in [0.4, 0.5) is 0 Å². The molecule has 3 aromatic rings. The van der Waals surface area contributed by atoms with Crippen molar-refractivity contribution in [3.63, 3.8) is 0 Å². The number of phenols is 1. The Kier molecular flexibility index (Phi) is 6.52. The normalized spacial score (nSPS) is 12.4. The summed E-state index contributed by atoms with van der Waals surface area (Å²) in [5.74, 6) is 1.27. The highest BCUT2D eigenvalue weighted by atomic mass is 127. The number of phenolic OH excluding ortho intramolecular Hbond substituents is 1. The maximum absolute atomic E-state index is 13.1. The SMILES string of the molecule is CCCC(Cc1nc2ccc(O)cc2n1CCC)C(=O)c1cccc(I)c1. The van der Waals surface area contributed by atoms with E-state index in [0.717, 1.165) is 51.8 Å². The summed E-state index contributed by atoms with van der Waals surface area (Å²) < 4.78 is 3.22. The van der Waals surface area contributed by atoms with E-state index < -0.39 is 0 Å². The molecule has 1 N–H and O–H groups in total. The van der Waals surface area contributed by atoms with E-state index in [1.165, 1.54) is 0 Å². The lowest BCUT2D eigenvalue weighted by atomic mass is 9.90. The largest absolute Gasteiger partial charge is 0.508 e. The maximum Gasteiger partial charge on any atom is 0.166 e. The average molecular weight is 476 g/mol. The summed E-state index contributed by atoms with van der Waals surface area (Å²) in [5.41, 5.74) is 2.58. The first-order valence-corrected chi connectivity index (χ1v) is 10.6. The van der Waals surface area contributed by atoms with Crippen LogP contribution in [-0.2, 0) is 13.0 Å². The van der Waals surface area contributed by atoms with Crippen LogP contribution in [-0.4, -0.2) is 20.4 Å². The second-order valence-electron chi connectivity index (χ2n) is 6.92. The Hall–Kier alpha value is -1.89. The number of hydrogen-bond acceptors (Lipinski definition) is 3. The van der Waals surface area contributed by atoms with Crippen molar-refractivity contribution in [2.45, 2.75) is 46.1 Å². The average Bonchev–Trinajstić information content (AvgIpc) is 2.98. The molecule has 1 atom stereocenters. The lowest BCUT2D eigenvalue weighted by molar-refractivity contribution is 0.0909. The van der Waals surface area contributed by atoms with Crippen LogP contribution in [0.1, 0.15) is 49.3 Å². The molecule has 3 rings (SSSR count). The van der Waals surface area contributed by atoms with Gasteiger partial charge in [-0.1, -0.05) is 32.4 Å². The monoisotopic (exact) mass is 476 g/mol. The van der Waals surface area contributed by atoms with Gasteiger partial charge in [0.15, 0.2) is 5.78 Å². The molecule has 0 spiro atoms. The van der Waals surface area contributed by atoms with Crippen LogP contribution < -0.4 is 0 Å². The number of carbonyl (C=O) groups excluding carboxylic acids is 1. The summed E-state index contributed by atoms with van der Waals surface area (Å²) in [6.45, 7) is 5.06. The van der Waals surface area contributed by atoms with Crippen LogP contribution >= 0.6 is 22.6 Å². The van der Waals surface area contributed by atoms with Gasteiger partial charge in [-0.25, -0.2) is 4.98 Å². The highest BCUT2D eigenvalue weighted by molar-refractivity contribution is 14.1. The van der Waals surface area contributed by atoms with Gasteiger partial charge in [0.25, 0.3) is 0 Å². The lowest BCUT2D eigenvalue weighted by Gasteiger charge is -2.16. The van der Waals surface area contributed by atoms with Gasteiger partial charge in [-0.3, -0.25) is 4.79 Å². The topological polar surface area (TPSA) is 55.1 Å². The Balaban J connectivity index is 1.96. The predicted octanol–water partition coefficient (Wildman–Crippen LogP) is 5.60. The van der Waals surface area contributed by atoms with Gasteiger partial charge in [0.1, 0.15) is 11.6 Å². The van der Waals surface area contributed by atoms with Crippen LogP contribution in [0.5, 0.6) is 5.75 Å². The number of nitrogens with zero attached hydrogens (tertiary/aromatic N) is 2. The molecule has 0 saturated heterocycles. The molecule has 5 heteroatoms. The first-order chi connectivity index (χ1) is 13.0. The van der Waals surface area contributed by atoms with Gasteiger partial charge in [0, 0.05) is 34.1 Å². The molecule has 2 aromatic carbocycles. The number of Topliss-reactive ketones (excluding diaryl/α,β-unsaturated/α-hetero) is 1. The highest BCUT2D eigenvalue weighted by Crippen LogP contribution is 2.26. The molecule has 0 aliphatic heterocycles. The molecule has 0 aliphatic rings. The van der Waals surface area contributed by atoms with Gasteiger partial charge in [-0.15, -0.1) is 0 Å². The van der Waals surface area contributed by atoms with Gasteiger partial charge in [-0.2, -0.15) is 0 Å². The lowest BCUT2D eigenvalue weighted by Crippen LogP contribution is -2.20. The van der Waals surface area contributed by atoms with Crippen molar-refractivity contribution in [2.75, 3.05) is 0 Å². The van der Waals surface area contributed by atoms with E-state index in [2.05, 4.69) is 41.0 Å². The molecule has 0 saturated carbocycles. The smallest absolute Gasteiger partial charge is 0.166 e. The molecule has 4 nitrogen and oxygen atoms in total. The van der Waals surface area contributed by atoms with Gasteiger partial charge >= 0.3 is 0 Å². The fourth-order valence-electron chi connectivity index (χ4n) is 3.56. The zero-order chi connectivity index (χ0) is 19.4. The molecule has 0 aliphatic carbocycles. The zero-order valence-electron chi connectivity index (χ0n) is 15.8. The number of halogens is 1. The van der Waals surface area contributed by atoms with Crippen LogP contribution in [0.2, 0.25) is 0 Å². The molecule has 0 amide bonds. The third kappa shape index (κ3) is 4.51. The Morgan fingerprint density at radius 3 is 2.70 bits per heavy atom. The number of rotatable bonds is 8. The minimum absolute atomic E-state index is 0.0887. The second-order valence-corrected chi connectivity index (χ2v) is 8.16. The van der Waals surface area contributed by atoms with Crippen molar-refractivity contribution in [2.24, 2.45) is 5.92 Å². The molecule has 1 heterocycles. The maximum atomic E-state index is 13.1. The number of fused-ring (bicyclic) bond motifs is 1. The molecule has 0 radical (unpaired) electrons. The minimum Gasteiger partial charge on any atom is -0.508 e. The van der Waals surface area contributed by atoms with Crippen molar-refractivity contribution >= 4 is 39.4 Å². The molecule has 27 heavy (non-hydrogen) atoms. The number of imidazole rings is 1. The van der Waals surface area contributed by atoms with E-state index in [4.69, 9.17) is 4.98 Å². The number of hydrogen-bond donors (Lipinski definition) is 1. The molecular weight excluding hydrogens is 451 g/mol. The van der Waals surface area contributed by atoms with Crippen molar-refractivity contribution in [3.8, 4) is 5.75 Å². The predicted molar refractivity (Wildman–Crippen MR) is 117 cm³/mol. The standard InChI is InChI=1S/C22H25IN2O2/c1-3-6-15(22(27)16-7-5-8-17(23)12-16)13-21-24-19-10-9-18(26)14-20(19)25(21)11-4-2/h5,7-10,12,14-15,26H,3-4,6,11,13H2,1-2H3. The van der Waals surface area contributed by atoms with Crippen LogP contribution in [0.3, 0.4) is 0 Å². The number of carbonyl (C=O) groups is 1. The van der Waals surface area contributed by atoms with Gasteiger partial charge in [0.2, 0.25) is 0 Å². The Bertz CT molecular complexity index is 949. The fourth-order valence-corrected chi connectivity index (χ4v) is 4.11. The molecule has 1 unspecified atom stereocenters. The van der Waals surface area contributed by atoms with Crippen molar-refractivity contribution in [1.82, 2.24) is 9.55 Å². The number of benzene rings is 2. The van der Waals surface area contributed by atoms with Crippen LogP contribution in [0.25, 0.3) is 11.0 Å². The fraction of sp³-hybridized carbons (Fsp3) is 0.364. The van der Waals surface area contributed by atoms with Gasteiger partial charge in [-0.05, 0) is 59.7 Å². The number of ketones is 1. The third-order valence-electron chi connectivity index (χ3n) is 4.80. The van der Waals surface area contributed by atoms with Crippen molar-refractivity contribution < 1.29 is 9.90 Å². The number of aromatic hydroxyl groups is 1. The zero-order valence-corrected chi connectivity index (χ0v) is 17.9. The molecule has 0 bridgehead atoms. The van der Waals surface area contributed by atoms with Crippen molar-refractivity contribution in [3.05, 3.63) is 57.4 Å². The van der Waals surface area contributed by atoms with E-state index >= 15 is 0 Å². The molecule has 0 fully saturated rings. The summed E-state index contributed by atoms with van der Waals surface area (Å²) in [5, 5.41) is 9.87. The Morgan fingerprint density at radius 2 is 2.00 bits per heavy atom. The van der Waals surface area contributed by atoms with Crippen LogP contribution in [0, 0.1) is 9.49 Å².